The highest BCUT2D eigenvalue weighted by Gasteiger charge is 2.23. The number of anilines is 1. The van der Waals surface area contributed by atoms with E-state index in [1.54, 1.807) is 0 Å². The summed E-state index contributed by atoms with van der Waals surface area (Å²) in [7, 11) is -7.80. The van der Waals surface area contributed by atoms with Crippen LogP contribution in [0.25, 0.3) is 0 Å². The number of ether oxygens (including phenoxy) is 2. The van der Waals surface area contributed by atoms with Gasteiger partial charge in [-0.3, -0.25) is 9.59 Å². The minimum Gasteiger partial charge on any atom is -0.490 e. The highest BCUT2D eigenvalue weighted by molar-refractivity contribution is 7.89. The number of benzene rings is 2. The summed E-state index contributed by atoms with van der Waals surface area (Å²) in [6, 6.07) is 9.61. The molecule has 0 aliphatic rings. The van der Waals surface area contributed by atoms with Crippen molar-refractivity contribution in [2.45, 2.75) is 29.7 Å². The lowest BCUT2D eigenvalue weighted by atomic mass is 10.3. The number of primary sulfonamides is 1. The number of nitrogens with one attached hydrogen (secondary N) is 2. The zero-order chi connectivity index (χ0) is 23.9. The molecule has 0 heterocycles. The number of sulfonamides is 2. The van der Waals surface area contributed by atoms with Gasteiger partial charge in [0.25, 0.3) is 0 Å². The number of nitrogens with two attached hydrogens (primary N) is 1. The minimum absolute atomic E-state index is 0.0372. The van der Waals surface area contributed by atoms with E-state index in [9.17, 15) is 26.4 Å². The van der Waals surface area contributed by atoms with Crippen molar-refractivity contribution in [3.8, 4) is 5.75 Å². The van der Waals surface area contributed by atoms with Crippen LogP contribution >= 0.6 is 0 Å². The molecule has 2 rings (SSSR count). The van der Waals surface area contributed by atoms with E-state index in [4.69, 9.17) is 14.6 Å². The second-order valence-electron chi connectivity index (χ2n) is 6.58. The lowest BCUT2D eigenvalue weighted by molar-refractivity contribution is -0.145. The second kappa shape index (κ2) is 10.5. The molecule has 0 aromatic heterocycles. The third kappa shape index (κ3) is 7.60. The summed E-state index contributed by atoms with van der Waals surface area (Å²) in [6.45, 7) is 2.46. The fourth-order valence-corrected chi connectivity index (χ4v) is 4.13. The number of rotatable bonds is 10. The van der Waals surface area contributed by atoms with E-state index in [1.807, 2.05) is 0 Å². The monoisotopic (exact) mass is 485 g/mol. The number of esters is 1. The van der Waals surface area contributed by atoms with E-state index in [0.29, 0.717) is 11.4 Å². The Hall–Kier alpha value is -3.00. The molecular weight excluding hydrogens is 462 g/mol. The Morgan fingerprint density at radius 2 is 1.50 bits per heavy atom. The normalized spacial score (nSPS) is 12.6. The molecule has 0 saturated heterocycles. The number of hydrogen-bond acceptors (Lipinski definition) is 8. The highest BCUT2D eigenvalue weighted by Crippen LogP contribution is 2.16. The van der Waals surface area contributed by atoms with Crippen molar-refractivity contribution in [1.82, 2.24) is 4.72 Å². The van der Waals surface area contributed by atoms with Crippen LogP contribution in [0.15, 0.2) is 58.3 Å². The summed E-state index contributed by atoms with van der Waals surface area (Å²) < 4.78 is 59.8. The van der Waals surface area contributed by atoms with Crippen LogP contribution in [-0.4, -0.2) is 48.0 Å². The molecule has 174 valence electrons. The van der Waals surface area contributed by atoms with Gasteiger partial charge in [-0.1, -0.05) is 0 Å². The first-order valence-corrected chi connectivity index (χ1v) is 12.2. The average molecular weight is 486 g/mol. The van der Waals surface area contributed by atoms with Crippen LogP contribution in [0.2, 0.25) is 0 Å². The fourth-order valence-electron chi connectivity index (χ4n) is 2.42. The van der Waals surface area contributed by atoms with Gasteiger partial charge in [-0.15, -0.1) is 0 Å². The Morgan fingerprint density at radius 3 is 2.03 bits per heavy atom. The average Bonchev–Trinajstić information content (AvgIpc) is 2.70. The van der Waals surface area contributed by atoms with Gasteiger partial charge >= 0.3 is 5.97 Å². The second-order valence-corrected chi connectivity index (χ2v) is 9.86. The van der Waals surface area contributed by atoms with Gasteiger partial charge in [0.05, 0.1) is 9.79 Å². The molecule has 1 amide bonds. The van der Waals surface area contributed by atoms with Crippen LogP contribution in [0.1, 0.15) is 13.8 Å². The van der Waals surface area contributed by atoms with E-state index in [1.165, 1.54) is 62.4 Å². The minimum atomic E-state index is -3.99. The number of hydrogen-bond donors (Lipinski definition) is 3. The molecule has 11 nitrogen and oxygen atoms in total. The maximum atomic E-state index is 12.4. The predicted molar refractivity (Wildman–Crippen MR) is 115 cm³/mol. The molecule has 1 atom stereocenters. The number of amides is 1. The number of carbonyl (C=O) groups excluding carboxylic acids is 2. The van der Waals surface area contributed by atoms with Crippen LogP contribution in [0, 0.1) is 0 Å². The molecule has 0 bridgehead atoms. The molecule has 0 radical (unpaired) electrons. The largest absolute Gasteiger partial charge is 0.490 e. The van der Waals surface area contributed by atoms with Gasteiger partial charge < -0.3 is 14.8 Å². The van der Waals surface area contributed by atoms with E-state index in [-0.39, 0.29) is 28.9 Å². The molecule has 0 saturated carbocycles. The van der Waals surface area contributed by atoms with Gasteiger partial charge in [0, 0.05) is 12.6 Å². The number of carbonyl (C=O) groups is 2. The molecule has 0 spiro atoms. The first-order valence-electron chi connectivity index (χ1n) is 9.21. The van der Waals surface area contributed by atoms with Crippen LogP contribution in [0.3, 0.4) is 0 Å². The van der Waals surface area contributed by atoms with Crippen molar-refractivity contribution in [3.05, 3.63) is 48.5 Å². The zero-order valence-electron chi connectivity index (χ0n) is 17.3. The molecule has 0 aliphatic carbocycles. The Morgan fingerprint density at radius 1 is 0.938 bits per heavy atom. The van der Waals surface area contributed by atoms with Crippen molar-refractivity contribution >= 4 is 37.6 Å². The summed E-state index contributed by atoms with van der Waals surface area (Å²) in [6.07, 6.45) is 0. The summed E-state index contributed by atoms with van der Waals surface area (Å²) in [4.78, 5) is 22.9. The Balaban J connectivity index is 1.82. The van der Waals surface area contributed by atoms with Crippen molar-refractivity contribution in [2.75, 3.05) is 18.5 Å². The van der Waals surface area contributed by atoms with Crippen LogP contribution in [0.5, 0.6) is 5.75 Å². The molecule has 4 N–H and O–H groups in total. The van der Waals surface area contributed by atoms with Gasteiger partial charge in [0.15, 0.2) is 0 Å². The maximum Gasteiger partial charge on any atom is 0.324 e. The quantitative estimate of drug-likeness (QED) is 0.324. The maximum absolute atomic E-state index is 12.4. The molecule has 2 aromatic carbocycles. The van der Waals surface area contributed by atoms with E-state index in [2.05, 4.69) is 10.0 Å². The third-order valence-corrected chi connectivity index (χ3v) is 6.40. The van der Waals surface area contributed by atoms with Gasteiger partial charge in [0.2, 0.25) is 26.0 Å². The highest BCUT2D eigenvalue weighted by atomic mass is 32.2. The zero-order valence-corrected chi connectivity index (χ0v) is 18.9. The van der Waals surface area contributed by atoms with E-state index >= 15 is 0 Å². The van der Waals surface area contributed by atoms with Crippen LogP contribution < -0.4 is 19.9 Å². The van der Waals surface area contributed by atoms with Crippen molar-refractivity contribution in [3.63, 3.8) is 0 Å². The van der Waals surface area contributed by atoms with Gasteiger partial charge in [-0.05, 0) is 55.5 Å². The summed E-state index contributed by atoms with van der Waals surface area (Å²) in [5, 5.41) is 7.52. The Kier molecular flexibility index (Phi) is 8.32. The lowest BCUT2D eigenvalue weighted by Gasteiger charge is -2.14. The molecular formula is C19H23N3O8S2. The summed E-state index contributed by atoms with van der Waals surface area (Å²) in [5.74, 6) is -0.763. The van der Waals surface area contributed by atoms with Gasteiger partial charge in [0.1, 0.15) is 25.0 Å². The predicted octanol–water partition coefficient (Wildman–Crippen LogP) is 0.581. The SMILES string of the molecule is CC(=O)Nc1ccc(S(=O)(=O)N[C@@H](C)C(=O)OCCOc2ccc(S(N)(=O)=O)cc2)cc1. The molecule has 0 fully saturated rings. The fraction of sp³-hybridized carbons (Fsp3) is 0.263. The lowest BCUT2D eigenvalue weighted by Crippen LogP contribution is -2.39. The molecule has 0 unspecified atom stereocenters. The first-order chi connectivity index (χ1) is 14.9. The van der Waals surface area contributed by atoms with Crippen molar-refractivity contribution in [2.24, 2.45) is 5.14 Å². The van der Waals surface area contributed by atoms with Crippen molar-refractivity contribution in [1.29, 1.82) is 0 Å². The van der Waals surface area contributed by atoms with Gasteiger partial charge in [-0.2, -0.15) is 4.72 Å². The Bertz CT molecular complexity index is 1160. The molecule has 0 aliphatic heterocycles. The summed E-state index contributed by atoms with van der Waals surface area (Å²) >= 11 is 0. The van der Waals surface area contributed by atoms with Crippen molar-refractivity contribution < 1.29 is 35.9 Å². The van der Waals surface area contributed by atoms with Crippen LogP contribution in [-0.2, 0) is 34.4 Å². The topological polar surface area (TPSA) is 171 Å². The molecule has 2 aromatic rings. The molecule has 13 heteroatoms. The first kappa shape index (κ1) is 25.3. The third-order valence-electron chi connectivity index (χ3n) is 3.92. The van der Waals surface area contributed by atoms with E-state index < -0.39 is 32.1 Å². The smallest absolute Gasteiger partial charge is 0.324 e. The Labute approximate surface area is 186 Å². The molecule has 32 heavy (non-hydrogen) atoms. The summed E-state index contributed by atoms with van der Waals surface area (Å²) in [5.41, 5.74) is 0.434. The van der Waals surface area contributed by atoms with E-state index in [0.717, 1.165) is 0 Å². The standard InChI is InChI=1S/C19H23N3O8S2/c1-13(22-32(27,28)18-7-3-15(4-8-18)21-14(2)23)19(24)30-12-11-29-16-5-9-17(10-6-16)31(20,25)26/h3-10,13,22H,11-12H2,1-2H3,(H,21,23)(H2,20,25,26)/t13-/m0/s1. The van der Waals surface area contributed by atoms with Crippen LogP contribution in [0.4, 0.5) is 5.69 Å². The van der Waals surface area contributed by atoms with Gasteiger partial charge in [-0.25, -0.2) is 22.0 Å².